The van der Waals surface area contributed by atoms with Crippen molar-refractivity contribution in [1.29, 1.82) is 0 Å². The molecule has 0 aliphatic carbocycles. The second-order valence-corrected chi connectivity index (χ2v) is 5.37. The maximum absolute atomic E-state index is 12.1. The van der Waals surface area contributed by atoms with Crippen molar-refractivity contribution in [3.8, 4) is 5.75 Å². The molecule has 1 heterocycles. The van der Waals surface area contributed by atoms with E-state index in [1.165, 1.54) is 6.21 Å². The summed E-state index contributed by atoms with van der Waals surface area (Å²) in [4.78, 5) is 12.1. The minimum Gasteiger partial charge on any atom is -0.508 e. The number of phenolic OH excluding ortho intramolecular Hbond substituents is 1. The predicted molar refractivity (Wildman–Crippen MR) is 87.7 cm³/mol. The first-order chi connectivity index (χ1) is 11.2. The number of carbonyl (C=O) groups is 1. The van der Waals surface area contributed by atoms with Crippen LogP contribution in [0.3, 0.4) is 0 Å². The third-order valence-corrected chi connectivity index (χ3v) is 3.70. The number of amides is 1. The van der Waals surface area contributed by atoms with Crippen LogP contribution in [0.4, 0.5) is 0 Å². The van der Waals surface area contributed by atoms with Gasteiger partial charge in [-0.2, -0.15) is 5.10 Å². The van der Waals surface area contributed by atoms with E-state index >= 15 is 0 Å². The van der Waals surface area contributed by atoms with Gasteiger partial charge in [-0.1, -0.05) is 30.3 Å². The lowest BCUT2D eigenvalue weighted by Gasteiger charge is -2.08. The molecule has 0 aromatic heterocycles. The second kappa shape index (κ2) is 7.04. The summed E-state index contributed by atoms with van der Waals surface area (Å²) in [5.41, 5.74) is 10.6. The highest BCUT2D eigenvalue weighted by atomic mass is 16.3. The number of hydrogen-bond acceptors (Lipinski definition) is 5. The summed E-state index contributed by atoms with van der Waals surface area (Å²) in [6.07, 6.45) is 2.19. The number of benzene rings is 2. The van der Waals surface area contributed by atoms with Gasteiger partial charge in [-0.3, -0.25) is 4.79 Å². The molecule has 0 bridgehead atoms. The van der Waals surface area contributed by atoms with E-state index in [1.54, 1.807) is 24.3 Å². The van der Waals surface area contributed by atoms with E-state index in [1.807, 2.05) is 30.3 Å². The molecular weight excluding hydrogens is 292 g/mol. The topological polar surface area (TPSA) is 85.8 Å². The quantitative estimate of drug-likeness (QED) is 0.509. The molecule has 3 rings (SSSR count). The number of phenols is 1. The van der Waals surface area contributed by atoms with Crippen LogP contribution in [-0.2, 0) is 4.79 Å². The highest BCUT2D eigenvalue weighted by Crippen LogP contribution is 2.21. The standard InChI is InChI=1S/C17H18N4O2/c22-14-8-6-12(7-9-14)11-18-21-17(23)16-10-15(19-20-16)13-4-2-1-3-5-13/h1-9,11,15-16,19-20,22H,10H2,(H,21,23)/b18-11+. The van der Waals surface area contributed by atoms with Crippen LogP contribution in [0.1, 0.15) is 23.6 Å². The van der Waals surface area contributed by atoms with Gasteiger partial charge in [0.1, 0.15) is 11.8 Å². The van der Waals surface area contributed by atoms with Crippen LogP contribution in [0, 0.1) is 0 Å². The third-order valence-electron chi connectivity index (χ3n) is 3.70. The highest BCUT2D eigenvalue weighted by Gasteiger charge is 2.29. The van der Waals surface area contributed by atoms with E-state index in [-0.39, 0.29) is 23.7 Å². The van der Waals surface area contributed by atoms with Gasteiger partial charge in [-0.25, -0.2) is 16.3 Å². The average Bonchev–Trinajstić information content (AvgIpc) is 3.07. The Balaban J connectivity index is 1.52. The molecule has 0 radical (unpaired) electrons. The largest absolute Gasteiger partial charge is 0.508 e. The molecule has 0 spiro atoms. The Bertz CT molecular complexity index is 685. The molecule has 2 aromatic carbocycles. The zero-order valence-corrected chi connectivity index (χ0v) is 12.4. The minimum atomic E-state index is -0.336. The van der Waals surface area contributed by atoms with Gasteiger partial charge in [-0.05, 0) is 41.8 Å². The highest BCUT2D eigenvalue weighted by molar-refractivity contribution is 5.85. The summed E-state index contributed by atoms with van der Waals surface area (Å²) >= 11 is 0. The SMILES string of the molecule is O=C(N/N=C/c1ccc(O)cc1)C1CC(c2ccccc2)NN1. The fraction of sp³-hybridized carbons (Fsp3) is 0.176. The average molecular weight is 310 g/mol. The van der Waals surface area contributed by atoms with E-state index in [4.69, 9.17) is 0 Å². The maximum Gasteiger partial charge on any atom is 0.258 e. The molecule has 23 heavy (non-hydrogen) atoms. The molecule has 2 atom stereocenters. The number of hydrazone groups is 1. The number of hydrazine groups is 1. The molecule has 6 heteroatoms. The van der Waals surface area contributed by atoms with Crippen LogP contribution in [0.25, 0.3) is 0 Å². The number of aromatic hydroxyl groups is 1. The summed E-state index contributed by atoms with van der Waals surface area (Å²) in [7, 11) is 0. The van der Waals surface area contributed by atoms with Gasteiger partial charge >= 0.3 is 0 Å². The van der Waals surface area contributed by atoms with Gasteiger partial charge in [0.2, 0.25) is 0 Å². The molecule has 0 saturated carbocycles. The smallest absolute Gasteiger partial charge is 0.258 e. The van der Waals surface area contributed by atoms with E-state index in [0.29, 0.717) is 6.42 Å². The predicted octanol–water partition coefficient (Wildman–Crippen LogP) is 1.45. The lowest BCUT2D eigenvalue weighted by atomic mass is 10.0. The first kappa shape index (κ1) is 15.2. The summed E-state index contributed by atoms with van der Waals surface area (Å²) in [6, 6.07) is 16.3. The van der Waals surface area contributed by atoms with Crippen LogP contribution in [0.5, 0.6) is 5.75 Å². The van der Waals surface area contributed by atoms with Crippen LogP contribution in [0.2, 0.25) is 0 Å². The van der Waals surface area contributed by atoms with Gasteiger partial charge in [0, 0.05) is 6.04 Å². The van der Waals surface area contributed by atoms with Crippen molar-refractivity contribution in [1.82, 2.24) is 16.3 Å². The first-order valence-electron chi connectivity index (χ1n) is 7.40. The van der Waals surface area contributed by atoms with Crippen molar-refractivity contribution in [3.05, 3.63) is 65.7 Å². The first-order valence-corrected chi connectivity index (χ1v) is 7.40. The van der Waals surface area contributed by atoms with Crippen molar-refractivity contribution in [2.45, 2.75) is 18.5 Å². The number of hydrogen-bond donors (Lipinski definition) is 4. The van der Waals surface area contributed by atoms with Crippen molar-refractivity contribution >= 4 is 12.1 Å². The third kappa shape index (κ3) is 3.94. The molecule has 4 N–H and O–H groups in total. The van der Waals surface area contributed by atoms with Crippen LogP contribution < -0.4 is 16.3 Å². The van der Waals surface area contributed by atoms with Crippen LogP contribution in [0.15, 0.2) is 59.7 Å². The van der Waals surface area contributed by atoms with Gasteiger partial charge in [0.25, 0.3) is 5.91 Å². The van der Waals surface area contributed by atoms with E-state index in [9.17, 15) is 9.90 Å². The number of rotatable bonds is 4. The monoisotopic (exact) mass is 310 g/mol. The van der Waals surface area contributed by atoms with E-state index in [2.05, 4.69) is 21.4 Å². The molecule has 1 saturated heterocycles. The second-order valence-electron chi connectivity index (χ2n) is 5.37. The van der Waals surface area contributed by atoms with Crippen molar-refractivity contribution in [2.24, 2.45) is 5.10 Å². The van der Waals surface area contributed by atoms with Crippen molar-refractivity contribution in [3.63, 3.8) is 0 Å². The fourth-order valence-corrected chi connectivity index (χ4v) is 2.44. The Morgan fingerprint density at radius 2 is 1.87 bits per heavy atom. The van der Waals surface area contributed by atoms with Gasteiger partial charge in [0.15, 0.2) is 0 Å². The van der Waals surface area contributed by atoms with Crippen LogP contribution in [-0.4, -0.2) is 23.3 Å². The van der Waals surface area contributed by atoms with E-state index < -0.39 is 0 Å². The summed E-state index contributed by atoms with van der Waals surface area (Å²) < 4.78 is 0. The van der Waals surface area contributed by atoms with Gasteiger partial charge in [-0.15, -0.1) is 0 Å². The molecule has 1 fully saturated rings. The minimum absolute atomic E-state index is 0.105. The molecule has 1 amide bonds. The zero-order chi connectivity index (χ0) is 16.1. The molecule has 1 aliphatic heterocycles. The fourth-order valence-electron chi connectivity index (χ4n) is 2.44. The number of nitrogens with zero attached hydrogens (tertiary/aromatic N) is 1. The summed E-state index contributed by atoms with van der Waals surface area (Å²) in [5.74, 6) is 0.00493. The number of carbonyl (C=O) groups excluding carboxylic acids is 1. The Morgan fingerprint density at radius 3 is 2.61 bits per heavy atom. The van der Waals surface area contributed by atoms with Crippen molar-refractivity contribution in [2.75, 3.05) is 0 Å². The summed E-state index contributed by atoms with van der Waals surface area (Å²) in [6.45, 7) is 0. The molecular formula is C17H18N4O2. The normalized spacial score (nSPS) is 20.7. The number of nitrogens with one attached hydrogen (secondary N) is 3. The molecule has 118 valence electrons. The van der Waals surface area contributed by atoms with Crippen molar-refractivity contribution < 1.29 is 9.90 Å². The Hall–Kier alpha value is -2.70. The molecule has 2 aromatic rings. The van der Waals surface area contributed by atoms with Gasteiger partial charge < -0.3 is 5.11 Å². The lowest BCUT2D eigenvalue weighted by molar-refractivity contribution is -0.122. The Morgan fingerprint density at radius 1 is 1.13 bits per heavy atom. The maximum atomic E-state index is 12.1. The Kier molecular flexibility index (Phi) is 4.65. The van der Waals surface area contributed by atoms with Crippen LogP contribution >= 0.6 is 0 Å². The lowest BCUT2D eigenvalue weighted by Crippen LogP contribution is -2.41. The van der Waals surface area contributed by atoms with E-state index in [0.717, 1.165) is 11.1 Å². The molecule has 1 aliphatic rings. The zero-order valence-electron chi connectivity index (χ0n) is 12.4. The Labute approximate surface area is 134 Å². The van der Waals surface area contributed by atoms with Gasteiger partial charge in [0.05, 0.1) is 6.21 Å². The summed E-state index contributed by atoms with van der Waals surface area (Å²) in [5, 5.41) is 13.1. The molecule has 2 unspecified atom stereocenters. The molecule has 6 nitrogen and oxygen atoms in total.